The number of hydrogen-bond acceptors (Lipinski definition) is 3. The van der Waals surface area contributed by atoms with E-state index in [1.54, 1.807) is 6.92 Å². The molecule has 0 bridgehead atoms. The van der Waals surface area contributed by atoms with Crippen LogP contribution in [-0.4, -0.2) is 40.7 Å². The molecule has 0 aliphatic carbocycles. The van der Waals surface area contributed by atoms with E-state index < -0.39 is 18.1 Å². The molecule has 2 aromatic rings. The molecule has 2 aromatic carbocycles. The van der Waals surface area contributed by atoms with Crippen molar-refractivity contribution in [2.75, 3.05) is 4.43 Å². The van der Waals surface area contributed by atoms with E-state index in [-0.39, 0.29) is 39.6 Å². The van der Waals surface area contributed by atoms with Gasteiger partial charge in [0.15, 0.2) is 0 Å². The van der Waals surface area contributed by atoms with Gasteiger partial charge in [0.25, 0.3) is 0 Å². The quantitative estimate of drug-likeness (QED) is 0.140. The summed E-state index contributed by atoms with van der Waals surface area (Å²) in [5, 5.41) is 7.86. The van der Waals surface area contributed by atoms with Gasteiger partial charge < -0.3 is 16.0 Å². The molecule has 2 rings (SSSR count). The van der Waals surface area contributed by atoms with Gasteiger partial charge in [-0.1, -0.05) is 73.0 Å². The number of rotatable bonds is 13. The van der Waals surface area contributed by atoms with E-state index in [2.05, 4.69) is 62.6 Å². The second-order valence-corrected chi connectivity index (χ2v) is 13.4. The minimum absolute atomic E-state index is 0.0547. The molecule has 44 heavy (non-hydrogen) atoms. The van der Waals surface area contributed by atoms with Crippen molar-refractivity contribution in [3.05, 3.63) is 70.8 Å². The number of benzene rings is 2. The molecule has 252 valence electrons. The van der Waals surface area contributed by atoms with E-state index in [4.69, 9.17) is 3.95 Å². The number of hydrogen-bond donors (Lipinski definition) is 4. The van der Waals surface area contributed by atoms with E-state index in [1.165, 1.54) is 28.4 Å². The van der Waals surface area contributed by atoms with Gasteiger partial charge >= 0.3 is 80.6 Å². The molecule has 0 saturated carbocycles. The topological polar surface area (TPSA) is 96.2 Å². The molecule has 0 aliphatic rings. The normalized spacial score (nSPS) is 13.6. The number of halogens is 4. The molecule has 6 nitrogen and oxygen atoms in total. The zero-order valence-corrected chi connectivity index (χ0v) is 29.9. The maximum Gasteiger partial charge on any atom is 0.471 e. The fraction of sp³-hybridized carbons (Fsp3) is 0.588. The van der Waals surface area contributed by atoms with Crippen LogP contribution in [0.2, 0.25) is 0 Å². The van der Waals surface area contributed by atoms with Crippen LogP contribution in [0.3, 0.4) is 0 Å². The Balaban J connectivity index is 0.000000681. The first-order valence-corrected chi connectivity index (χ1v) is 18.2. The number of alkyl halides is 4. The Hall–Kier alpha value is -2.34. The summed E-state index contributed by atoms with van der Waals surface area (Å²) in [6, 6.07) is 15.6. The van der Waals surface area contributed by atoms with Crippen molar-refractivity contribution < 1.29 is 44.2 Å². The predicted molar refractivity (Wildman–Crippen MR) is 172 cm³/mol. The Morgan fingerprint density at radius 3 is 1.52 bits per heavy atom. The van der Waals surface area contributed by atoms with Crippen molar-refractivity contribution in [1.82, 2.24) is 16.0 Å². The van der Waals surface area contributed by atoms with Crippen molar-refractivity contribution in [3.8, 4) is 0 Å². The van der Waals surface area contributed by atoms with Crippen molar-refractivity contribution in [1.29, 1.82) is 0 Å². The van der Waals surface area contributed by atoms with Crippen molar-refractivity contribution in [2.45, 2.75) is 118 Å². The van der Waals surface area contributed by atoms with Crippen LogP contribution in [0.1, 0.15) is 89.5 Å². The minimum Gasteiger partial charge on any atom is -0.345 e. The first kappa shape index (κ1) is 41.7. The Morgan fingerprint density at radius 2 is 1.14 bits per heavy atom. The smallest absolute Gasteiger partial charge is 0.345 e. The van der Waals surface area contributed by atoms with Crippen LogP contribution in [0.5, 0.6) is 0 Å². The monoisotopic (exact) mass is 735 g/mol. The molecular weight excluding hydrogens is 680 g/mol. The summed E-state index contributed by atoms with van der Waals surface area (Å²) in [5.74, 6) is -1.00. The van der Waals surface area contributed by atoms with Crippen LogP contribution in [0.4, 0.5) is 18.0 Å². The Labute approximate surface area is 274 Å². The standard InChI is InChI=1S/C16H26N2O.C12H14F3NO.C6H15IN/c1-5-6-13(3)17-16(19)18-14(4)11-15-9-7-12(2)8-10-15;1-8-3-5-10(6-4-8)7-9(2)16-11(17)12(13,14)15;1-3-4-6(2)5-7-8/h7-10,13-14H,5-6,11H2,1-4H3,(H2,17,18,19);3-6,9H,7H2,1-2H3,(H,16,17);6H,3-5,8H2,1-2H3/q;;-1/t13-,14-;9-;6-/m111/s1. The molecule has 0 saturated heterocycles. The molecule has 10 heteroatoms. The maximum atomic E-state index is 12.0. The van der Waals surface area contributed by atoms with Crippen LogP contribution >= 0.6 is 0 Å². The molecule has 0 unspecified atom stereocenters. The molecule has 3 amide bonds. The third-order valence-corrected chi connectivity index (χ3v) is 8.58. The molecule has 4 atom stereocenters. The van der Waals surface area contributed by atoms with Gasteiger partial charge in [-0.15, -0.1) is 0 Å². The maximum absolute atomic E-state index is 12.0. The Morgan fingerprint density at radius 1 is 0.727 bits per heavy atom. The fourth-order valence-corrected chi connectivity index (χ4v) is 5.59. The molecular formula is C34H55F3IN4O2-. The number of aryl methyl sites for hydroxylation is 2. The van der Waals surface area contributed by atoms with Crippen LogP contribution < -0.4 is 41.4 Å². The van der Waals surface area contributed by atoms with Crippen LogP contribution in [0.15, 0.2) is 48.5 Å². The van der Waals surface area contributed by atoms with Crippen LogP contribution in [-0.2, 0) is 17.6 Å². The number of amides is 3. The van der Waals surface area contributed by atoms with Crippen LogP contribution in [0, 0.1) is 19.8 Å². The molecule has 0 radical (unpaired) electrons. The van der Waals surface area contributed by atoms with Gasteiger partial charge in [-0.3, -0.25) is 4.79 Å². The van der Waals surface area contributed by atoms with E-state index in [0.29, 0.717) is 6.42 Å². The molecule has 0 spiro atoms. The van der Waals surface area contributed by atoms with Gasteiger partial charge in [0.2, 0.25) is 0 Å². The average molecular weight is 736 g/mol. The van der Waals surface area contributed by atoms with E-state index in [0.717, 1.165) is 36.3 Å². The number of nitrogens with two attached hydrogens (primary N) is 1. The molecule has 0 aromatic heterocycles. The van der Waals surface area contributed by atoms with E-state index in [1.807, 2.05) is 50.4 Å². The fourth-order valence-electron chi connectivity index (χ4n) is 4.28. The summed E-state index contributed by atoms with van der Waals surface area (Å²) >= 11 is 0.0547. The minimum atomic E-state index is -4.82. The molecule has 5 N–H and O–H groups in total. The van der Waals surface area contributed by atoms with E-state index in [9.17, 15) is 22.8 Å². The second-order valence-electron chi connectivity index (χ2n) is 11.7. The van der Waals surface area contributed by atoms with Gasteiger partial charge in [-0.2, -0.15) is 13.2 Å². The summed E-state index contributed by atoms with van der Waals surface area (Å²) < 4.78 is 42.7. The average Bonchev–Trinajstić information content (AvgIpc) is 2.92. The van der Waals surface area contributed by atoms with Crippen molar-refractivity contribution in [3.63, 3.8) is 0 Å². The Kier molecular flexibility index (Phi) is 21.8. The van der Waals surface area contributed by atoms with Crippen molar-refractivity contribution >= 4 is 11.9 Å². The number of carbonyl (C=O) groups is 2. The van der Waals surface area contributed by atoms with Gasteiger partial charge in [-0.05, 0) is 65.0 Å². The van der Waals surface area contributed by atoms with Crippen molar-refractivity contribution in [2.24, 2.45) is 9.86 Å². The van der Waals surface area contributed by atoms with Gasteiger partial charge in [0.05, 0.1) is 0 Å². The summed E-state index contributed by atoms with van der Waals surface area (Å²) in [5.41, 5.74) is 4.49. The van der Waals surface area contributed by atoms with Gasteiger partial charge in [0, 0.05) is 18.1 Å². The summed E-state index contributed by atoms with van der Waals surface area (Å²) in [6.45, 7) is 16.3. The first-order chi connectivity index (χ1) is 20.6. The molecule has 0 aliphatic heterocycles. The Bertz CT molecular complexity index is 1040. The zero-order valence-electron chi connectivity index (χ0n) is 27.8. The number of nitrogens with one attached hydrogen (secondary N) is 3. The third-order valence-electron chi connectivity index (χ3n) is 6.57. The largest absolute Gasteiger partial charge is 0.471 e. The number of urea groups is 1. The summed E-state index contributed by atoms with van der Waals surface area (Å²) in [4.78, 5) is 22.4. The SMILES string of the molecule is CCC[C@@H](C)C[I-]N.CCC[C@@H](C)NC(=O)N[C@H](C)Cc1ccc(C)cc1.Cc1ccc(C[C@@H](C)NC(=O)C(F)(F)F)cc1. The summed E-state index contributed by atoms with van der Waals surface area (Å²) in [7, 11) is 0. The van der Waals surface area contributed by atoms with Crippen LogP contribution in [0.25, 0.3) is 0 Å². The first-order valence-electron chi connectivity index (χ1n) is 15.4. The number of carbonyl (C=O) groups excluding carboxylic acids is 2. The molecule has 0 heterocycles. The second kappa shape index (κ2) is 23.1. The predicted octanol–water partition coefficient (Wildman–Crippen LogP) is 4.40. The third kappa shape index (κ3) is 21.4. The van der Waals surface area contributed by atoms with Gasteiger partial charge in [0.1, 0.15) is 0 Å². The summed E-state index contributed by atoms with van der Waals surface area (Å²) in [6.07, 6.45) is 1.18. The molecule has 0 fully saturated rings. The van der Waals surface area contributed by atoms with Gasteiger partial charge in [-0.25, -0.2) is 4.79 Å². The zero-order chi connectivity index (χ0) is 33.7. The van der Waals surface area contributed by atoms with E-state index >= 15 is 0 Å².